The van der Waals surface area contributed by atoms with Gasteiger partial charge in [-0.2, -0.15) is 26.3 Å². The van der Waals surface area contributed by atoms with Crippen LogP contribution in [0.4, 0.5) is 26.3 Å². The maximum absolute atomic E-state index is 11.5. The Morgan fingerprint density at radius 3 is 0.962 bits per heavy atom. The van der Waals surface area contributed by atoms with E-state index in [1.54, 1.807) is 10.3 Å². The summed E-state index contributed by atoms with van der Waals surface area (Å²) in [7, 11) is 0. The summed E-state index contributed by atoms with van der Waals surface area (Å²) in [5.41, 5.74) is 0. The minimum atomic E-state index is -5.65. The number of hydrogen-bond acceptors (Lipinski definition) is 10. The van der Waals surface area contributed by atoms with Crippen LogP contribution in [0, 0.1) is 10.8 Å². The Morgan fingerprint density at radius 2 is 0.846 bits per heavy atom. The first kappa shape index (κ1) is 37.5. The van der Waals surface area contributed by atoms with Gasteiger partial charge in [-0.3, -0.25) is 0 Å². The van der Waals surface area contributed by atoms with Gasteiger partial charge < -0.3 is 9.47 Å². The SMILES string of the molecule is N=C=S.N=C=S.O=C(OC(=O)C(F)(F)F)C(=O)OC(=O)C(F)(F)F.[KH].[KH]. The van der Waals surface area contributed by atoms with Crippen molar-refractivity contribution in [3.8, 4) is 0 Å². The molecule has 0 rings (SSSR count). The molecule has 0 aliphatic heterocycles. The average Bonchev–Trinajstić information content (AvgIpc) is 2.37. The van der Waals surface area contributed by atoms with E-state index in [1.165, 1.54) is 0 Å². The second kappa shape index (κ2) is 19.1. The van der Waals surface area contributed by atoms with Crippen molar-refractivity contribution >= 4 is 161 Å². The van der Waals surface area contributed by atoms with E-state index in [2.05, 4.69) is 33.9 Å². The zero-order valence-electron chi connectivity index (χ0n) is 10.5. The number of carbonyl (C=O) groups excluding carboxylic acids is 4. The third kappa shape index (κ3) is 22.8. The molecule has 0 atom stereocenters. The summed E-state index contributed by atoms with van der Waals surface area (Å²) in [6.45, 7) is 0. The number of nitrogens with one attached hydrogen (secondary N) is 2. The molecule has 0 aliphatic carbocycles. The number of rotatable bonds is 0. The van der Waals surface area contributed by atoms with E-state index >= 15 is 0 Å². The first-order valence-electron chi connectivity index (χ1n) is 4.43. The molecule has 0 radical (unpaired) electrons. The van der Waals surface area contributed by atoms with Crippen LogP contribution in [0.15, 0.2) is 0 Å². The number of thiocarbonyl (C=S) groups is 2. The van der Waals surface area contributed by atoms with Crippen molar-refractivity contribution < 1.29 is 55.0 Å². The maximum atomic E-state index is 11.5. The molecule has 0 amide bonds. The fraction of sp³-hybridized carbons (Fsp3) is 0.250. The van der Waals surface area contributed by atoms with Crippen LogP contribution < -0.4 is 0 Å². The van der Waals surface area contributed by atoms with Crippen LogP contribution in [0.25, 0.3) is 0 Å². The van der Waals surface area contributed by atoms with Crippen molar-refractivity contribution in [3.05, 3.63) is 0 Å². The summed E-state index contributed by atoms with van der Waals surface area (Å²) in [5.74, 6) is -11.7. The molecule has 26 heavy (non-hydrogen) atoms. The van der Waals surface area contributed by atoms with Crippen LogP contribution in [-0.4, -0.2) is 149 Å². The van der Waals surface area contributed by atoms with Gasteiger partial charge in [0, 0.05) is 0 Å². The van der Waals surface area contributed by atoms with Gasteiger partial charge in [-0.05, 0) is 24.4 Å². The van der Waals surface area contributed by atoms with E-state index in [0.717, 1.165) is 0 Å². The molecule has 0 aromatic rings. The molecule has 0 bridgehead atoms. The van der Waals surface area contributed by atoms with Crippen LogP contribution in [0.2, 0.25) is 0 Å². The molecule has 0 heterocycles. The van der Waals surface area contributed by atoms with Gasteiger partial charge in [0.25, 0.3) is 0 Å². The van der Waals surface area contributed by atoms with Crippen molar-refractivity contribution in [2.24, 2.45) is 0 Å². The monoisotopic (exact) mass is 480 g/mol. The van der Waals surface area contributed by atoms with Gasteiger partial charge in [0.05, 0.1) is 10.3 Å². The summed E-state index contributed by atoms with van der Waals surface area (Å²) in [5, 5.41) is 14.7. The number of esters is 4. The molecule has 0 fully saturated rings. The third-order valence-corrected chi connectivity index (χ3v) is 1.00. The van der Waals surface area contributed by atoms with Crippen molar-refractivity contribution in [1.82, 2.24) is 0 Å². The fourth-order valence-electron chi connectivity index (χ4n) is 0.367. The van der Waals surface area contributed by atoms with Crippen molar-refractivity contribution in [1.29, 1.82) is 10.8 Å². The Hall–Kier alpha value is 0.733. The van der Waals surface area contributed by atoms with E-state index in [9.17, 15) is 45.5 Å². The van der Waals surface area contributed by atoms with Crippen LogP contribution in [-0.2, 0) is 28.7 Å². The molecule has 0 aliphatic rings. The number of ether oxygens (including phenoxy) is 2. The zero-order chi connectivity index (χ0) is 20.1. The number of alkyl halides is 6. The van der Waals surface area contributed by atoms with Crippen LogP contribution in [0.1, 0.15) is 0 Å². The molecule has 0 aromatic carbocycles. The van der Waals surface area contributed by atoms with Gasteiger partial charge in [0.2, 0.25) is 0 Å². The Bertz CT molecular complexity index is 521. The zero-order valence-corrected chi connectivity index (χ0v) is 12.2. The summed E-state index contributed by atoms with van der Waals surface area (Å²) >= 11 is 7.62. The van der Waals surface area contributed by atoms with Crippen LogP contribution >= 0.6 is 24.4 Å². The first-order valence-corrected chi connectivity index (χ1v) is 5.24. The predicted octanol–water partition coefficient (Wildman–Crippen LogP) is 0.290. The van der Waals surface area contributed by atoms with Crippen molar-refractivity contribution in [2.45, 2.75) is 12.4 Å². The van der Waals surface area contributed by atoms with Crippen molar-refractivity contribution in [2.75, 3.05) is 0 Å². The Kier molecular flexibility index (Phi) is 27.5. The molecule has 0 aromatic heterocycles. The number of hydrogen-bond donors (Lipinski definition) is 2. The van der Waals surface area contributed by atoms with Gasteiger partial charge in [0.15, 0.2) is 0 Å². The molecular weight excluding hydrogens is 476 g/mol. The third-order valence-electron chi connectivity index (χ3n) is 1.00. The van der Waals surface area contributed by atoms with E-state index in [0.29, 0.717) is 0 Å². The van der Waals surface area contributed by atoms with Gasteiger partial charge in [0.1, 0.15) is 0 Å². The van der Waals surface area contributed by atoms with E-state index in [4.69, 9.17) is 10.8 Å². The quantitative estimate of drug-likeness (QED) is 0.0961. The molecule has 0 saturated heterocycles. The molecule has 138 valence electrons. The summed E-state index contributed by atoms with van der Waals surface area (Å²) < 4.78 is 74.6. The first-order chi connectivity index (χ1) is 10.7. The normalized spacial score (nSPS) is 8.69. The fourth-order valence-corrected chi connectivity index (χ4v) is 0.367. The van der Waals surface area contributed by atoms with Crippen LogP contribution in [0.5, 0.6) is 0 Å². The molecule has 18 heteroatoms. The molecule has 2 N–H and O–H groups in total. The molecule has 0 unspecified atom stereocenters. The van der Waals surface area contributed by atoms with Crippen molar-refractivity contribution in [3.63, 3.8) is 0 Å². The van der Waals surface area contributed by atoms with Gasteiger partial charge >= 0.3 is 139 Å². The molecule has 8 nitrogen and oxygen atoms in total. The van der Waals surface area contributed by atoms with Gasteiger partial charge in [-0.15, -0.1) is 0 Å². The molecule has 0 spiro atoms. The summed E-state index contributed by atoms with van der Waals surface area (Å²) in [6, 6.07) is 0. The number of isothiocyanates is 2. The van der Waals surface area contributed by atoms with Crippen LogP contribution in [0.3, 0.4) is 0 Å². The molecular formula is C8H4F6K2N2O6S2. The second-order valence-electron chi connectivity index (χ2n) is 2.55. The second-order valence-corrected chi connectivity index (χ2v) is 2.96. The van der Waals surface area contributed by atoms with E-state index < -0.39 is 36.2 Å². The number of halogens is 6. The van der Waals surface area contributed by atoms with E-state index in [1.807, 2.05) is 0 Å². The molecule has 0 saturated carbocycles. The standard InChI is InChI=1S/C6F6O6.2CHNS.2K.2H/c7-5(8,9)3(15)17-1(13)2(14)18-4(16)6(10,11)12;2*2-1-3;;;;/h;2*2H;;;;. The Labute approximate surface area is 235 Å². The predicted molar refractivity (Wildman–Crippen MR) is 79.2 cm³/mol. The topological polar surface area (TPSA) is 134 Å². The summed E-state index contributed by atoms with van der Waals surface area (Å²) in [6.07, 6.45) is -11.3. The minimum absolute atomic E-state index is 0. The number of carbonyl (C=O) groups is 4. The summed E-state index contributed by atoms with van der Waals surface area (Å²) in [4.78, 5) is 40.6. The average molecular weight is 480 g/mol. The van der Waals surface area contributed by atoms with Gasteiger partial charge in [-0.1, -0.05) is 0 Å². The Morgan fingerprint density at radius 1 is 0.692 bits per heavy atom. The van der Waals surface area contributed by atoms with Gasteiger partial charge in [-0.25, -0.2) is 30.0 Å². The van der Waals surface area contributed by atoms with E-state index in [-0.39, 0.29) is 103 Å². The Balaban J connectivity index is -0.000000161.